The van der Waals surface area contributed by atoms with Crippen LogP contribution in [-0.2, 0) is 23.8 Å². The first-order valence-electron chi connectivity index (χ1n) is 10.2. The summed E-state index contributed by atoms with van der Waals surface area (Å²) in [5.74, 6) is 0.151. The van der Waals surface area contributed by atoms with Gasteiger partial charge in [0, 0.05) is 5.57 Å². The SMILES string of the molecule is COC(=O)C/C(=C\C[C@H]1[C@]2(CCC3C(C)(C)CCC[C@@]31C)CO2)C(=O)OC. The molecular formula is C22H34O5. The van der Waals surface area contributed by atoms with Gasteiger partial charge in [0.05, 0.1) is 32.8 Å². The Balaban J connectivity index is 1.88. The Morgan fingerprint density at radius 2 is 1.81 bits per heavy atom. The molecule has 2 saturated carbocycles. The summed E-state index contributed by atoms with van der Waals surface area (Å²) in [6, 6.07) is 0. The maximum Gasteiger partial charge on any atom is 0.333 e. The largest absolute Gasteiger partial charge is 0.469 e. The van der Waals surface area contributed by atoms with Crippen molar-refractivity contribution in [3.8, 4) is 0 Å². The number of carbonyl (C=O) groups excluding carboxylic acids is 2. The zero-order chi connectivity index (χ0) is 19.9. The molecule has 0 amide bonds. The Hall–Kier alpha value is -1.36. The fourth-order valence-electron chi connectivity index (χ4n) is 6.24. The lowest BCUT2D eigenvalue weighted by Crippen LogP contribution is -2.54. The van der Waals surface area contributed by atoms with Gasteiger partial charge in [-0.15, -0.1) is 0 Å². The van der Waals surface area contributed by atoms with Crippen LogP contribution in [0, 0.1) is 22.7 Å². The molecule has 152 valence electrons. The van der Waals surface area contributed by atoms with Crippen molar-refractivity contribution < 1.29 is 23.8 Å². The van der Waals surface area contributed by atoms with Crippen molar-refractivity contribution in [3.63, 3.8) is 0 Å². The minimum absolute atomic E-state index is 0.0400. The van der Waals surface area contributed by atoms with Crippen LogP contribution in [0.5, 0.6) is 0 Å². The van der Waals surface area contributed by atoms with Crippen molar-refractivity contribution in [3.05, 3.63) is 11.6 Å². The van der Waals surface area contributed by atoms with Crippen LogP contribution in [0.25, 0.3) is 0 Å². The lowest BCUT2D eigenvalue weighted by atomic mass is 9.46. The van der Waals surface area contributed by atoms with E-state index in [0.29, 0.717) is 22.8 Å². The molecule has 0 aromatic carbocycles. The number of fused-ring (bicyclic) bond motifs is 1. The molecule has 4 atom stereocenters. The second kappa shape index (κ2) is 7.23. The van der Waals surface area contributed by atoms with Crippen molar-refractivity contribution >= 4 is 11.9 Å². The number of allylic oxidation sites excluding steroid dienone is 1. The lowest BCUT2D eigenvalue weighted by molar-refractivity contribution is -0.143. The summed E-state index contributed by atoms with van der Waals surface area (Å²) in [6.07, 6.45) is 8.64. The van der Waals surface area contributed by atoms with Gasteiger partial charge in [-0.05, 0) is 54.8 Å². The van der Waals surface area contributed by atoms with E-state index in [2.05, 4.69) is 20.8 Å². The number of methoxy groups -OCH3 is 2. The number of epoxide rings is 1. The molecule has 5 nitrogen and oxygen atoms in total. The van der Waals surface area contributed by atoms with Crippen LogP contribution in [0.1, 0.15) is 65.7 Å². The van der Waals surface area contributed by atoms with Crippen molar-refractivity contribution in [2.24, 2.45) is 22.7 Å². The van der Waals surface area contributed by atoms with E-state index in [1.54, 1.807) is 0 Å². The standard InChI is InChI=1S/C22H34O5/c1-20(2)10-6-11-21(3)16(20)9-12-22(14-27-22)17(21)8-7-15(19(24)26-5)13-18(23)25-4/h7,16-17H,6,8-14H2,1-5H3/b15-7+/t16?,17-,21+,22+/m1/s1. The predicted molar refractivity (Wildman–Crippen MR) is 102 cm³/mol. The number of carbonyl (C=O) groups is 2. The third-order valence-electron chi connectivity index (χ3n) is 7.69. The average Bonchev–Trinajstić information content (AvgIpc) is 3.38. The van der Waals surface area contributed by atoms with Crippen molar-refractivity contribution in [2.75, 3.05) is 20.8 Å². The van der Waals surface area contributed by atoms with E-state index in [1.807, 2.05) is 6.08 Å². The van der Waals surface area contributed by atoms with Gasteiger partial charge in [-0.3, -0.25) is 4.79 Å². The van der Waals surface area contributed by atoms with E-state index in [-0.39, 0.29) is 17.4 Å². The topological polar surface area (TPSA) is 65.1 Å². The normalized spacial score (nSPS) is 37.4. The molecule has 3 aliphatic rings. The van der Waals surface area contributed by atoms with Crippen LogP contribution < -0.4 is 0 Å². The average molecular weight is 379 g/mol. The smallest absolute Gasteiger partial charge is 0.333 e. The van der Waals surface area contributed by atoms with Crippen LogP contribution in [0.15, 0.2) is 11.6 Å². The van der Waals surface area contributed by atoms with Gasteiger partial charge in [-0.2, -0.15) is 0 Å². The second-order valence-electron chi connectivity index (χ2n) is 9.55. The Kier molecular flexibility index (Phi) is 5.46. The van der Waals surface area contributed by atoms with E-state index in [0.717, 1.165) is 19.4 Å². The van der Waals surface area contributed by atoms with E-state index in [4.69, 9.17) is 14.2 Å². The molecule has 1 spiro atoms. The van der Waals surface area contributed by atoms with E-state index in [1.165, 1.54) is 39.9 Å². The van der Waals surface area contributed by atoms with Gasteiger partial charge in [-0.1, -0.05) is 33.3 Å². The van der Waals surface area contributed by atoms with Crippen molar-refractivity contribution in [1.82, 2.24) is 0 Å². The fourth-order valence-corrected chi connectivity index (χ4v) is 6.24. The monoisotopic (exact) mass is 378 g/mol. The molecule has 1 aliphatic heterocycles. The molecule has 1 saturated heterocycles. The van der Waals surface area contributed by atoms with Gasteiger partial charge >= 0.3 is 11.9 Å². The minimum atomic E-state index is -0.451. The molecule has 0 aromatic rings. The highest BCUT2D eigenvalue weighted by atomic mass is 16.6. The molecule has 1 heterocycles. The maximum atomic E-state index is 12.1. The zero-order valence-corrected chi connectivity index (χ0v) is 17.4. The highest BCUT2D eigenvalue weighted by Crippen LogP contribution is 2.66. The van der Waals surface area contributed by atoms with E-state index in [9.17, 15) is 9.59 Å². The summed E-state index contributed by atoms with van der Waals surface area (Å²) in [5, 5.41) is 0. The van der Waals surface area contributed by atoms with Crippen LogP contribution in [-0.4, -0.2) is 38.4 Å². The quantitative estimate of drug-likeness (QED) is 0.410. The number of rotatable bonds is 5. The molecule has 0 N–H and O–H groups in total. The Bertz CT molecular complexity index is 631. The molecule has 5 heteroatoms. The maximum absolute atomic E-state index is 12.1. The van der Waals surface area contributed by atoms with Crippen LogP contribution >= 0.6 is 0 Å². The molecule has 27 heavy (non-hydrogen) atoms. The minimum Gasteiger partial charge on any atom is -0.469 e. The Morgan fingerprint density at radius 1 is 1.11 bits per heavy atom. The van der Waals surface area contributed by atoms with E-state index < -0.39 is 11.9 Å². The fraction of sp³-hybridized carbons (Fsp3) is 0.818. The number of ether oxygens (including phenoxy) is 3. The lowest BCUT2D eigenvalue weighted by Gasteiger charge is -2.59. The number of esters is 2. The first kappa shape index (κ1) is 20.4. The molecule has 0 radical (unpaired) electrons. The van der Waals surface area contributed by atoms with Gasteiger partial charge in [-0.25, -0.2) is 4.79 Å². The van der Waals surface area contributed by atoms with Crippen LogP contribution in [0.3, 0.4) is 0 Å². The molecule has 2 aliphatic carbocycles. The summed E-state index contributed by atoms with van der Waals surface area (Å²) in [4.78, 5) is 23.9. The predicted octanol–water partition coefficient (Wildman–Crippen LogP) is 4.05. The molecule has 3 fully saturated rings. The summed E-state index contributed by atoms with van der Waals surface area (Å²) < 4.78 is 15.6. The number of hydrogen-bond donors (Lipinski definition) is 0. The Morgan fingerprint density at radius 3 is 2.41 bits per heavy atom. The summed E-state index contributed by atoms with van der Waals surface area (Å²) in [6.45, 7) is 8.06. The van der Waals surface area contributed by atoms with Gasteiger partial charge in [0.15, 0.2) is 0 Å². The van der Waals surface area contributed by atoms with Gasteiger partial charge in [0.1, 0.15) is 0 Å². The van der Waals surface area contributed by atoms with Gasteiger partial charge < -0.3 is 14.2 Å². The Labute approximate surface area is 162 Å². The van der Waals surface area contributed by atoms with Crippen LogP contribution in [0.2, 0.25) is 0 Å². The van der Waals surface area contributed by atoms with Crippen molar-refractivity contribution in [1.29, 1.82) is 0 Å². The summed E-state index contributed by atoms with van der Waals surface area (Å²) >= 11 is 0. The molecule has 0 bridgehead atoms. The molecule has 1 unspecified atom stereocenters. The van der Waals surface area contributed by atoms with Gasteiger partial charge in [0.2, 0.25) is 0 Å². The third-order valence-corrected chi connectivity index (χ3v) is 7.69. The first-order chi connectivity index (χ1) is 12.7. The highest BCUT2D eigenvalue weighted by molar-refractivity contribution is 5.93. The molecule has 0 aromatic heterocycles. The van der Waals surface area contributed by atoms with Gasteiger partial charge in [0.25, 0.3) is 0 Å². The van der Waals surface area contributed by atoms with Crippen molar-refractivity contribution in [2.45, 2.75) is 71.3 Å². The first-order valence-corrected chi connectivity index (χ1v) is 10.2. The third kappa shape index (κ3) is 3.67. The van der Waals surface area contributed by atoms with E-state index >= 15 is 0 Å². The summed E-state index contributed by atoms with van der Waals surface area (Å²) in [5.41, 5.74) is 0.880. The molecule has 3 rings (SSSR count). The van der Waals surface area contributed by atoms with Crippen LogP contribution in [0.4, 0.5) is 0 Å². The summed E-state index contributed by atoms with van der Waals surface area (Å²) in [7, 11) is 2.68. The number of hydrogen-bond acceptors (Lipinski definition) is 5. The molecular weight excluding hydrogens is 344 g/mol. The zero-order valence-electron chi connectivity index (χ0n) is 17.4. The second-order valence-corrected chi connectivity index (χ2v) is 9.55. The highest BCUT2D eigenvalue weighted by Gasteiger charge is 2.64.